The number of aromatic nitrogens is 1. The van der Waals surface area contributed by atoms with E-state index < -0.39 is 12.0 Å². The number of carbonyl (C=O) groups is 1. The third-order valence-electron chi connectivity index (χ3n) is 6.52. The lowest BCUT2D eigenvalue weighted by Gasteiger charge is -2.26. The number of anilines is 1. The van der Waals surface area contributed by atoms with Gasteiger partial charge in [0.05, 0.1) is 28.5 Å². The Bertz CT molecular complexity index is 1480. The van der Waals surface area contributed by atoms with Gasteiger partial charge in [0.2, 0.25) is 0 Å². The van der Waals surface area contributed by atoms with Crippen molar-refractivity contribution in [1.82, 2.24) is 4.57 Å². The summed E-state index contributed by atoms with van der Waals surface area (Å²) < 4.78 is 7.73. The van der Waals surface area contributed by atoms with Crippen molar-refractivity contribution >= 4 is 29.1 Å². The van der Waals surface area contributed by atoms with Crippen molar-refractivity contribution in [3.8, 4) is 0 Å². The van der Waals surface area contributed by atoms with Crippen LogP contribution in [0.2, 0.25) is 0 Å². The van der Waals surface area contributed by atoms with Gasteiger partial charge in [-0.15, -0.1) is 0 Å². The summed E-state index contributed by atoms with van der Waals surface area (Å²) in [4.78, 5) is 34.6. The molecule has 0 N–H and O–H groups in total. The molecular weight excluding hydrogens is 482 g/mol. The molecule has 2 heterocycles. The lowest BCUT2D eigenvalue weighted by molar-refractivity contribution is -0.139. The lowest BCUT2D eigenvalue weighted by Crippen LogP contribution is -2.40. The normalized spacial score (nSPS) is 15.5. The first-order valence-corrected chi connectivity index (χ1v) is 13.7. The van der Waals surface area contributed by atoms with Crippen LogP contribution in [-0.2, 0) is 9.53 Å². The van der Waals surface area contributed by atoms with Crippen LogP contribution >= 0.6 is 11.3 Å². The second-order valence-electron chi connectivity index (χ2n) is 9.72. The zero-order valence-electron chi connectivity index (χ0n) is 22.4. The maximum Gasteiger partial charge on any atom is 0.338 e. The van der Waals surface area contributed by atoms with Crippen LogP contribution in [0.15, 0.2) is 69.6 Å². The predicted molar refractivity (Wildman–Crippen MR) is 151 cm³/mol. The average molecular weight is 518 g/mol. The Balaban J connectivity index is 1.93. The van der Waals surface area contributed by atoms with E-state index in [1.807, 2.05) is 61.5 Å². The first-order chi connectivity index (χ1) is 17.7. The van der Waals surface area contributed by atoms with Crippen LogP contribution in [0.1, 0.15) is 69.2 Å². The number of thiazole rings is 1. The summed E-state index contributed by atoms with van der Waals surface area (Å²) in [6.07, 6.45) is 3.36. The van der Waals surface area contributed by atoms with Crippen molar-refractivity contribution in [3.63, 3.8) is 0 Å². The number of esters is 1. The molecule has 1 aliphatic heterocycles. The quantitative estimate of drug-likeness (QED) is 0.404. The van der Waals surface area contributed by atoms with E-state index in [4.69, 9.17) is 9.73 Å². The smallest absolute Gasteiger partial charge is 0.338 e. The highest BCUT2D eigenvalue weighted by molar-refractivity contribution is 7.07. The molecule has 0 radical (unpaired) electrons. The van der Waals surface area contributed by atoms with Crippen molar-refractivity contribution in [2.24, 2.45) is 4.99 Å². The van der Waals surface area contributed by atoms with E-state index in [2.05, 4.69) is 32.9 Å². The van der Waals surface area contributed by atoms with Crippen LogP contribution in [0.5, 0.6) is 0 Å². The third kappa shape index (κ3) is 5.47. The highest BCUT2D eigenvalue weighted by atomic mass is 32.1. The van der Waals surface area contributed by atoms with Gasteiger partial charge < -0.3 is 9.64 Å². The van der Waals surface area contributed by atoms with Gasteiger partial charge in [0.25, 0.3) is 5.56 Å². The molecule has 0 unspecified atom stereocenters. The molecule has 0 saturated heterocycles. The topological polar surface area (TPSA) is 63.9 Å². The van der Waals surface area contributed by atoms with Crippen LogP contribution < -0.4 is 19.8 Å². The summed E-state index contributed by atoms with van der Waals surface area (Å²) in [5.41, 5.74) is 5.10. The van der Waals surface area contributed by atoms with Gasteiger partial charge in [-0.2, -0.15) is 0 Å². The van der Waals surface area contributed by atoms with Crippen molar-refractivity contribution in [2.45, 2.75) is 52.5 Å². The Labute approximate surface area is 222 Å². The number of rotatable bonds is 8. The van der Waals surface area contributed by atoms with Crippen molar-refractivity contribution in [3.05, 3.63) is 96.2 Å². The molecule has 0 saturated carbocycles. The molecule has 194 valence electrons. The number of allylic oxidation sites excluding steroid dienone is 1. The molecule has 7 heteroatoms. The third-order valence-corrected chi connectivity index (χ3v) is 7.50. The van der Waals surface area contributed by atoms with Crippen molar-refractivity contribution < 1.29 is 9.53 Å². The monoisotopic (exact) mass is 517 g/mol. The zero-order valence-corrected chi connectivity index (χ0v) is 23.3. The molecule has 4 rings (SSSR count). The van der Waals surface area contributed by atoms with E-state index in [0.717, 1.165) is 23.2 Å². The maximum absolute atomic E-state index is 13.8. The molecule has 0 spiro atoms. The molecule has 3 aromatic rings. The fourth-order valence-corrected chi connectivity index (χ4v) is 5.54. The van der Waals surface area contributed by atoms with Gasteiger partial charge in [-0.3, -0.25) is 9.36 Å². The lowest BCUT2D eigenvalue weighted by atomic mass is 9.92. The molecule has 1 aliphatic rings. The summed E-state index contributed by atoms with van der Waals surface area (Å²) in [5, 5.41) is 0. The minimum atomic E-state index is -0.587. The second kappa shape index (κ2) is 11.3. The Morgan fingerprint density at radius 2 is 1.78 bits per heavy atom. The summed E-state index contributed by atoms with van der Waals surface area (Å²) in [5.74, 6) is -0.0353. The fraction of sp³-hybridized carbons (Fsp3) is 0.367. The summed E-state index contributed by atoms with van der Waals surface area (Å²) in [6, 6.07) is 15.7. The Morgan fingerprint density at radius 1 is 1.11 bits per heavy atom. The molecular formula is C30H35N3O3S. The molecule has 0 aliphatic carbocycles. The largest absolute Gasteiger partial charge is 0.463 e. The molecule has 1 atom stereocenters. The number of benzene rings is 2. The predicted octanol–water partition coefficient (Wildman–Crippen LogP) is 4.77. The van der Waals surface area contributed by atoms with Gasteiger partial charge in [0.1, 0.15) is 0 Å². The van der Waals surface area contributed by atoms with Crippen molar-refractivity contribution in [2.75, 3.05) is 25.6 Å². The average Bonchev–Trinajstić information content (AvgIpc) is 3.18. The minimum Gasteiger partial charge on any atom is -0.463 e. The highest BCUT2D eigenvalue weighted by Crippen LogP contribution is 2.33. The number of ether oxygens (including phenoxy) is 1. The van der Waals surface area contributed by atoms with Crippen LogP contribution in [0.4, 0.5) is 5.69 Å². The van der Waals surface area contributed by atoms with Gasteiger partial charge in [-0.05, 0) is 54.2 Å². The van der Waals surface area contributed by atoms with E-state index in [9.17, 15) is 9.59 Å². The molecule has 2 aromatic carbocycles. The van der Waals surface area contributed by atoms with Crippen molar-refractivity contribution in [1.29, 1.82) is 0 Å². The molecule has 37 heavy (non-hydrogen) atoms. The number of fused-ring (bicyclic) bond motifs is 1. The molecule has 1 aromatic heterocycles. The first-order valence-electron chi connectivity index (χ1n) is 12.8. The van der Waals surface area contributed by atoms with E-state index in [1.54, 1.807) is 11.5 Å². The summed E-state index contributed by atoms with van der Waals surface area (Å²) >= 11 is 1.36. The van der Waals surface area contributed by atoms with Gasteiger partial charge in [-0.25, -0.2) is 9.79 Å². The number of carbonyl (C=O) groups excluding carboxylic acids is 1. The van der Waals surface area contributed by atoms with E-state index in [1.165, 1.54) is 16.9 Å². The van der Waals surface area contributed by atoms with Gasteiger partial charge >= 0.3 is 5.97 Å². The van der Waals surface area contributed by atoms with Gasteiger partial charge in [0.15, 0.2) is 4.80 Å². The van der Waals surface area contributed by atoms with E-state index in [-0.39, 0.29) is 12.2 Å². The maximum atomic E-state index is 13.8. The summed E-state index contributed by atoms with van der Waals surface area (Å²) in [6.45, 7) is 8.40. The second-order valence-corrected chi connectivity index (χ2v) is 10.7. The van der Waals surface area contributed by atoms with E-state index in [0.29, 0.717) is 32.9 Å². The Kier molecular flexibility index (Phi) is 8.13. The molecule has 0 fully saturated rings. The molecule has 6 nitrogen and oxygen atoms in total. The number of hydrogen-bond acceptors (Lipinski definition) is 6. The van der Waals surface area contributed by atoms with Crippen LogP contribution in [0.25, 0.3) is 6.08 Å². The standard InChI is InChI=1S/C30H35N3O3S/c1-7-9-24-26(29(35)36-8-2)27(22-14-12-21(13-15-22)19(3)4)33-28(34)25(37-30(33)31-24)18-20-10-16-23(17-11-20)32(5)6/h10-19,27H,7-9H2,1-6H3/b25-18-/t27-/m0/s1. The summed E-state index contributed by atoms with van der Waals surface area (Å²) in [7, 11) is 3.99. The zero-order chi connectivity index (χ0) is 26.7. The Morgan fingerprint density at radius 3 is 2.35 bits per heavy atom. The minimum absolute atomic E-state index is 0.157. The SMILES string of the molecule is CCCC1=C(C(=O)OCC)[C@H](c2ccc(C(C)C)cc2)n2c(s/c(=C\c3ccc(N(C)C)cc3)c2=O)=N1. The van der Waals surface area contributed by atoms with Crippen LogP contribution in [0, 0.1) is 0 Å². The molecule has 0 amide bonds. The van der Waals surface area contributed by atoms with Gasteiger partial charge in [0, 0.05) is 19.8 Å². The van der Waals surface area contributed by atoms with Crippen LogP contribution in [0.3, 0.4) is 0 Å². The molecule has 0 bridgehead atoms. The first kappa shape index (κ1) is 26.6. The van der Waals surface area contributed by atoms with E-state index >= 15 is 0 Å². The number of nitrogens with zero attached hydrogens (tertiary/aromatic N) is 3. The Hall–Kier alpha value is -3.45. The highest BCUT2D eigenvalue weighted by Gasteiger charge is 2.34. The fourth-order valence-electron chi connectivity index (χ4n) is 4.52. The number of hydrogen-bond donors (Lipinski definition) is 0. The van der Waals surface area contributed by atoms with Gasteiger partial charge in [-0.1, -0.05) is 74.9 Å². The van der Waals surface area contributed by atoms with Crippen LogP contribution in [-0.4, -0.2) is 31.2 Å².